The number of anilines is 1. The van der Waals surface area contributed by atoms with Gasteiger partial charge in [0.05, 0.1) is 6.04 Å². The number of nitrogens with two attached hydrogens (primary N) is 1. The van der Waals surface area contributed by atoms with Crippen LogP contribution in [0.4, 0.5) is 5.95 Å². The molecule has 1 aromatic carbocycles. The van der Waals surface area contributed by atoms with Gasteiger partial charge in [0.2, 0.25) is 5.95 Å². The van der Waals surface area contributed by atoms with E-state index in [2.05, 4.69) is 48.1 Å². The minimum atomic E-state index is 0.107. The lowest BCUT2D eigenvalue weighted by Crippen LogP contribution is -2.10. The zero-order valence-corrected chi connectivity index (χ0v) is 12.0. The third-order valence-corrected chi connectivity index (χ3v) is 3.64. The maximum absolute atomic E-state index is 6.08. The summed E-state index contributed by atoms with van der Waals surface area (Å²) >= 11 is 0. The zero-order chi connectivity index (χ0) is 14.3. The first-order valence-corrected chi connectivity index (χ1v) is 6.73. The number of hydrogen-bond donors (Lipinski definition) is 1. The van der Waals surface area contributed by atoms with Crippen molar-refractivity contribution in [2.45, 2.75) is 26.8 Å². The fourth-order valence-corrected chi connectivity index (χ4v) is 2.48. The van der Waals surface area contributed by atoms with E-state index in [0.29, 0.717) is 5.95 Å². The van der Waals surface area contributed by atoms with Gasteiger partial charge in [-0.05, 0) is 38.0 Å². The quantitative estimate of drug-likeness (QED) is 0.774. The molecule has 0 aliphatic carbocycles. The molecule has 2 aromatic heterocycles. The summed E-state index contributed by atoms with van der Waals surface area (Å²) < 4.78 is 1.99. The van der Waals surface area contributed by atoms with Crippen LogP contribution in [0.1, 0.15) is 29.7 Å². The van der Waals surface area contributed by atoms with Crippen LogP contribution in [0.25, 0.3) is 11.2 Å². The maximum Gasteiger partial charge on any atom is 0.203 e. The highest BCUT2D eigenvalue weighted by Crippen LogP contribution is 2.26. The number of imidazole rings is 1. The van der Waals surface area contributed by atoms with Crippen LogP contribution >= 0.6 is 0 Å². The fourth-order valence-electron chi connectivity index (χ4n) is 2.48. The van der Waals surface area contributed by atoms with Gasteiger partial charge in [-0.1, -0.05) is 29.8 Å². The molecule has 20 heavy (non-hydrogen) atoms. The lowest BCUT2D eigenvalue weighted by molar-refractivity contribution is 0.662. The normalized spacial score (nSPS) is 12.8. The topological polar surface area (TPSA) is 56.7 Å². The summed E-state index contributed by atoms with van der Waals surface area (Å²) in [5.74, 6) is 0.506. The standard InChI is InChI=1S/C16H18N4/c1-10-4-6-13(7-5-10)12(3)20-15-14(19-16(20)17)8-11(2)9-18-15/h4-9,12H,1-3H3,(H2,17,19). The molecule has 0 saturated carbocycles. The van der Waals surface area contributed by atoms with Gasteiger partial charge < -0.3 is 5.73 Å². The van der Waals surface area contributed by atoms with Gasteiger partial charge >= 0.3 is 0 Å². The number of rotatable bonds is 2. The summed E-state index contributed by atoms with van der Waals surface area (Å²) in [7, 11) is 0. The number of benzene rings is 1. The molecule has 1 atom stereocenters. The van der Waals surface area contributed by atoms with Gasteiger partial charge in [-0.25, -0.2) is 9.97 Å². The van der Waals surface area contributed by atoms with Crippen LogP contribution in [0.15, 0.2) is 36.5 Å². The summed E-state index contributed by atoms with van der Waals surface area (Å²) in [4.78, 5) is 8.90. The highest BCUT2D eigenvalue weighted by Gasteiger charge is 2.16. The molecule has 0 saturated heterocycles. The Morgan fingerprint density at radius 1 is 1.10 bits per heavy atom. The van der Waals surface area contributed by atoms with Gasteiger partial charge in [0.25, 0.3) is 0 Å². The number of pyridine rings is 1. The van der Waals surface area contributed by atoms with Crippen molar-refractivity contribution in [3.8, 4) is 0 Å². The first-order chi connectivity index (χ1) is 9.56. The molecule has 2 heterocycles. The Hall–Kier alpha value is -2.36. The molecular formula is C16H18N4. The molecule has 2 N–H and O–H groups in total. The Morgan fingerprint density at radius 2 is 1.80 bits per heavy atom. The molecule has 0 spiro atoms. The van der Waals surface area contributed by atoms with Gasteiger partial charge in [-0.15, -0.1) is 0 Å². The highest BCUT2D eigenvalue weighted by molar-refractivity contribution is 5.75. The van der Waals surface area contributed by atoms with Crippen molar-refractivity contribution < 1.29 is 0 Å². The van der Waals surface area contributed by atoms with Crippen LogP contribution in [0.2, 0.25) is 0 Å². The van der Waals surface area contributed by atoms with E-state index in [9.17, 15) is 0 Å². The molecule has 1 unspecified atom stereocenters. The molecule has 3 aromatic rings. The highest BCUT2D eigenvalue weighted by atomic mass is 15.2. The Balaban J connectivity index is 2.13. The zero-order valence-electron chi connectivity index (χ0n) is 12.0. The Labute approximate surface area is 118 Å². The molecule has 0 radical (unpaired) electrons. The van der Waals surface area contributed by atoms with Crippen LogP contribution < -0.4 is 5.73 Å². The van der Waals surface area contributed by atoms with E-state index in [4.69, 9.17) is 5.73 Å². The van der Waals surface area contributed by atoms with E-state index in [1.165, 1.54) is 11.1 Å². The van der Waals surface area contributed by atoms with Crippen molar-refractivity contribution in [3.63, 3.8) is 0 Å². The largest absolute Gasteiger partial charge is 0.369 e. The van der Waals surface area contributed by atoms with Gasteiger partial charge in [0.1, 0.15) is 5.52 Å². The van der Waals surface area contributed by atoms with Crippen LogP contribution in [0, 0.1) is 13.8 Å². The average molecular weight is 266 g/mol. The SMILES string of the molecule is Cc1ccc(C(C)n2c(N)nc3cc(C)cnc32)cc1. The van der Waals surface area contributed by atoms with Crippen molar-refractivity contribution in [2.24, 2.45) is 0 Å². The minimum absolute atomic E-state index is 0.107. The number of aromatic nitrogens is 3. The molecule has 4 nitrogen and oxygen atoms in total. The van der Waals surface area contributed by atoms with Crippen LogP contribution in [0.3, 0.4) is 0 Å². The summed E-state index contributed by atoms with van der Waals surface area (Å²) in [5, 5.41) is 0. The van der Waals surface area contributed by atoms with Crippen molar-refractivity contribution >= 4 is 17.1 Å². The summed E-state index contributed by atoms with van der Waals surface area (Å²) in [6.45, 7) is 6.20. The molecular weight excluding hydrogens is 248 g/mol. The molecule has 0 aliphatic rings. The Bertz CT molecular complexity index is 756. The van der Waals surface area contributed by atoms with E-state index in [1.807, 2.05) is 23.8 Å². The summed E-state index contributed by atoms with van der Waals surface area (Å²) in [6.07, 6.45) is 1.85. The molecule has 0 bridgehead atoms. The van der Waals surface area contributed by atoms with Crippen LogP contribution in [-0.4, -0.2) is 14.5 Å². The van der Waals surface area contributed by atoms with Crippen LogP contribution in [0.5, 0.6) is 0 Å². The summed E-state index contributed by atoms with van der Waals surface area (Å²) in [5.41, 5.74) is 11.3. The molecule has 0 aliphatic heterocycles. The fraction of sp³-hybridized carbons (Fsp3) is 0.250. The first-order valence-electron chi connectivity index (χ1n) is 6.73. The lowest BCUT2D eigenvalue weighted by Gasteiger charge is -2.16. The molecule has 102 valence electrons. The number of fused-ring (bicyclic) bond motifs is 1. The minimum Gasteiger partial charge on any atom is -0.369 e. The predicted octanol–water partition coefficient (Wildman–Crippen LogP) is 3.24. The lowest BCUT2D eigenvalue weighted by atomic mass is 10.1. The second kappa shape index (κ2) is 4.63. The molecule has 3 rings (SSSR count). The van der Waals surface area contributed by atoms with Crippen molar-refractivity contribution in [1.29, 1.82) is 0 Å². The average Bonchev–Trinajstić information content (AvgIpc) is 2.73. The van der Waals surface area contributed by atoms with E-state index < -0.39 is 0 Å². The van der Waals surface area contributed by atoms with E-state index in [1.54, 1.807) is 0 Å². The number of hydrogen-bond acceptors (Lipinski definition) is 3. The first kappa shape index (κ1) is 12.7. The summed E-state index contributed by atoms with van der Waals surface area (Å²) in [6, 6.07) is 10.6. The Morgan fingerprint density at radius 3 is 2.50 bits per heavy atom. The number of nitrogen functional groups attached to an aromatic ring is 1. The van der Waals surface area contributed by atoms with E-state index in [-0.39, 0.29) is 6.04 Å². The van der Waals surface area contributed by atoms with Crippen LogP contribution in [-0.2, 0) is 0 Å². The van der Waals surface area contributed by atoms with Gasteiger partial charge in [0.15, 0.2) is 5.65 Å². The van der Waals surface area contributed by atoms with Crippen molar-refractivity contribution in [2.75, 3.05) is 5.73 Å². The third-order valence-electron chi connectivity index (χ3n) is 3.64. The van der Waals surface area contributed by atoms with Crippen molar-refractivity contribution in [1.82, 2.24) is 14.5 Å². The smallest absolute Gasteiger partial charge is 0.203 e. The van der Waals surface area contributed by atoms with Crippen molar-refractivity contribution in [3.05, 3.63) is 53.2 Å². The maximum atomic E-state index is 6.08. The molecule has 0 fully saturated rings. The second-order valence-electron chi connectivity index (χ2n) is 5.28. The number of nitrogens with zero attached hydrogens (tertiary/aromatic N) is 3. The Kier molecular flexibility index (Phi) is 2.93. The van der Waals surface area contributed by atoms with Gasteiger partial charge in [0, 0.05) is 6.20 Å². The molecule has 0 amide bonds. The monoisotopic (exact) mass is 266 g/mol. The van der Waals surface area contributed by atoms with E-state index in [0.717, 1.165) is 16.7 Å². The predicted molar refractivity (Wildman–Crippen MR) is 81.7 cm³/mol. The van der Waals surface area contributed by atoms with Gasteiger partial charge in [-0.2, -0.15) is 0 Å². The number of aryl methyl sites for hydroxylation is 2. The second-order valence-corrected chi connectivity index (χ2v) is 5.28. The molecule has 4 heteroatoms. The van der Waals surface area contributed by atoms with Gasteiger partial charge in [-0.3, -0.25) is 4.57 Å². The van der Waals surface area contributed by atoms with E-state index >= 15 is 0 Å². The third kappa shape index (κ3) is 2.03.